The van der Waals surface area contributed by atoms with Crippen LogP contribution in [0.4, 0.5) is 24.8 Å². The van der Waals surface area contributed by atoms with Crippen molar-refractivity contribution >= 4 is 28.6 Å². The van der Waals surface area contributed by atoms with Crippen molar-refractivity contribution < 1.29 is 32.5 Å². The molecule has 0 saturated heterocycles. The lowest BCUT2D eigenvalue weighted by molar-refractivity contribution is -0.274. The molecular weight excluding hydrogens is 487 g/mol. The maximum absolute atomic E-state index is 12.6. The van der Waals surface area contributed by atoms with Gasteiger partial charge in [-0.05, 0) is 74.8 Å². The highest BCUT2D eigenvalue weighted by atomic mass is 19.4. The molecule has 2 aromatic carbocycles. The number of alkyl halides is 3. The second kappa shape index (κ2) is 9.79. The number of nitrogens with zero attached hydrogens (tertiary/aromatic N) is 2. The van der Waals surface area contributed by atoms with E-state index in [0.29, 0.717) is 23.1 Å². The predicted octanol–water partition coefficient (Wildman–Crippen LogP) is 7.55. The number of halogens is 3. The van der Waals surface area contributed by atoms with E-state index in [1.54, 1.807) is 6.07 Å². The zero-order chi connectivity index (χ0) is 27.1. The van der Waals surface area contributed by atoms with E-state index in [1.807, 2.05) is 13.8 Å². The molecule has 200 valence electrons. The van der Waals surface area contributed by atoms with Gasteiger partial charge in [-0.3, -0.25) is 0 Å². The van der Waals surface area contributed by atoms with Gasteiger partial charge in [0.15, 0.2) is 0 Å². The van der Waals surface area contributed by atoms with Crippen LogP contribution in [-0.2, 0) is 0 Å². The van der Waals surface area contributed by atoms with E-state index in [0.717, 1.165) is 24.8 Å². The Balaban J connectivity index is 1.81. The number of benzene rings is 2. The molecule has 1 saturated carbocycles. The Labute approximate surface area is 213 Å². The number of imidazole rings is 1. The lowest BCUT2D eigenvalue weighted by Crippen LogP contribution is -2.29. The second-order valence-corrected chi connectivity index (χ2v) is 10.9. The number of fused-ring (bicyclic) bond motifs is 1. The van der Waals surface area contributed by atoms with Gasteiger partial charge in [0.1, 0.15) is 17.1 Å². The van der Waals surface area contributed by atoms with Crippen LogP contribution in [0.1, 0.15) is 70.3 Å². The van der Waals surface area contributed by atoms with E-state index in [1.165, 1.54) is 30.3 Å². The molecule has 10 heteroatoms. The summed E-state index contributed by atoms with van der Waals surface area (Å²) in [5.74, 6) is -0.236. The van der Waals surface area contributed by atoms with Crippen LogP contribution in [-0.4, -0.2) is 33.1 Å². The smallest absolute Gasteiger partial charge is 0.490 e. The Morgan fingerprint density at radius 2 is 1.86 bits per heavy atom. The molecule has 4 rings (SSSR count). The minimum Gasteiger partial charge on any atom is -0.490 e. The minimum atomic E-state index is -4.77. The topological polar surface area (TPSA) is 85.6 Å². The highest BCUT2D eigenvalue weighted by molar-refractivity contribution is 5.96. The van der Waals surface area contributed by atoms with Crippen molar-refractivity contribution in [3.63, 3.8) is 0 Å². The number of anilines is 2. The van der Waals surface area contributed by atoms with Gasteiger partial charge in [-0.15, -0.1) is 13.2 Å². The fourth-order valence-corrected chi connectivity index (χ4v) is 5.46. The number of ether oxygens (including phenoxy) is 2. The summed E-state index contributed by atoms with van der Waals surface area (Å²) in [7, 11) is 0. The van der Waals surface area contributed by atoms with Crippen LogP contribution in [0, 0.1) is 11.3 Å². The van der Waals surface area contributed by atoms with Gasteiger partial charge in [0, 0.05) is 17.8 Å². The van der Waals surface area contributed by atoms with E-state index in [4.69, 9.17) is 9.72 Å². The molecule has 1 unspecified atom stereocenters. The Kier molecular flexibility index (Phi) is 7.05. The second-order valence-electron chi connectivity index (χ2n) is 10.9. The first-order chi connectivity index (χ1) is 17.2. The summed E-state index contributed by atoms with van der Waals surface area (Å²) in [5.41, 5.74) is 1.85. The largest absolute Gasteiger partial charge is 0.573 e. The molecule has 7 nitrogen and oxygen atoms in total. The highest BCUT2D eigenvalue weighted by Gasteiger charge is 2.35. The van der Waals surface area contributed by atoms with Crippen molar-refractivity contribution in [3.8, 4) is 11.5 Å². The number of hydrogen-bond donors (Lipinski definition) is 2. The normalized spacial score (nSPS) is 19.7. The maximum Gasteiger partial charge on any atom is 0.573 e. The Bertz CT molecular complexity index is 1280. The number of aromatic nitrogens is 2. The summed E-state index contributed by atoms with van der Waals surface area (Å²) in [4.78, 5) is 16.7. The Morgan fingerprint density at radius 1 is 1.19 bits per heavy atom. The van der Waals surface area contributed by atoms with E-state index in [9.17, 15) is 23.1 Å². The molecular formula is C27H32F3N3O4. The predicted molar refractivity (Wildman–Crippen MR) is 135 cm³/mol. The average molecular weight is 520 g/mol. The fourth-order valence-electron chi connectivity index (χ4n) is 5.46. The van der Waals surface area contributed by atoms with Gasteiger partial charge in [0.2, 0.25) is 5.95 Å². The number of aromatic carboxylic acids is 1. The molecule has 0 radical (unpaired) electrons. The summed E-state index contributed by atoms with van der Waals surface area (Å²) in [6, 6.07) is 8.72. The maximum atomic E-state index is 12.6. The van der Waals surface area contributed by atoms with Crippen LogP contribution >= 0.6 is 0 Å². The van der Waals surface area contributed by atoms with E-state index >= 15 is 0 Å². The molecule has 0 aliphatic heterocycles. The first-order valence-corrected chi connectivity index (χ1v) is 12.3. The van der Waals surface area contributed by atoms with Gasteiger partial charge >= 0.3 is 12.3 Å². The first kappa shape index (κ1) is 26.6. The summed E-state index contributed by atoms with van der Waals surface area (Å²) >= 11 is 0. The molecule has 0 spiro atoms. The van der Waals surface area contributed by atoms with Crippen molar-refractivity contribution in [2.24, 2.45) is 11.3 Å². The molecule has 0 amide bonds. The number of nitrogens with one attached hydrogen (secondary N) is 1. The third kappa shape index (κ3) is 6.29. The van der Waals surface area contributed by atoms with Crippen LogP contribution in [0.2, 0.25) is 0 Å². The molecule has 1 aromatic heterocycles. The number of carboxylic acids is 1. The van der Waals surface area contributed by atoms with Crippen LogP contribution < -0.4 is 14.8 Å². The standard InChI is InChI=1S/C27H32F3N3O4/c1-15(2)36-23-12-22-21(11-20(23)24(34)35)32-25(33(22)18-10-16(3)13-26(4,5)14-18)31-17-6-8-19(9-7-17)37-27(28,29)30/h6-9,11-12,15-16,18H,10,13-14H2,1-5H3,(H,31,32)(H,34,35)/t16-,18?/m0/s1. The van der Waals surface area contributed by atoms with Crippen LogP contribution in [0.15, 0.2) is 36.4 Å². The summed E-state index contributed by atoms with van der Waals surface area (Å²) in [5, 5.41) is 13.0. The van der Waals surface area contributed by atoms with Gasteiger partial charge in [-0.1, -0.05) is 20.8 Å². The summed E-state index contributed by atoms with van der Waals surface area (Å²) in [6.07, 6.45) is -2.12. The third-order valence-corrected chi connectivity index (χ3v) is 6.46. The molecule has 2 N–H and O–H groups in total. The number of carboxylic acid groups (broad SMARTS) is 1. The van der Waals surface area contributed by atoms with Crippen LogP contribution in [0.3, 0.4) is 0 Å². The Hall–Kier alpha value is -3.43. The van der Waals surface area contributed by atoms with Gasteiger partial charge in [0.05, 0.1) is 17.1 Å². The van der Waals surface area contributed by atoms with Crippen LogP contribution in [0.25, 0.3) is 11.0 Å². The third-order valence-electron chi connectivity index (χ3n) is 6.46. The first-order valence-electron chi connectivity index (χ1n) is 12.3. The van der Waals surface area contributed by atoms with Crippen molar-refractivity contribution in [2.45, 2.75) is 72.4 Å². The summed E-state index contributed by atoms with van der Waals surface area (Å²) < 4.78 is 49.6. The van der Waals surface area contributed by atoms with Gasteiger partial charge in [-0.25, -0.2) is 9.78 Å². The van der Waals surface area contributed by atoms with E-state index in [2.05, 4.69) is 35.4 Å². The zero-order valence-electron chi connectivity index (χ0n) is 21.5. The average Bonchev–Trinajstić information content (AvgIpc) is 3.08. The highest BCUT2D eigenvalue weighted by Crippen LogP contribution is 2.46. The lowest BCUT2D eigenvalue weighted by atomic mass is 9.70. The molecule has 3 aromatic rings. The molecule has 37 heavy (non-hydrogen) atoms. The molecule has 1 heterocycles. The molecule has 0 bridgehead atoms. The molecule has 1 fully saturated rings. The van der Waals surface area contributed by atoms with Crippen LogP contribution in [0.5, 0.6) is 11.5 Å². The molecule has 1 aliphatic carbocycles. The van der Waals surface area contributed by atoms with Crippen molar-refractivity contribution in [1.82, 2.24) is 9.55 Å². The SMILES string of the molecule is CC(C)Oc1cc2c(cc1C(=O)O)nc(Nc1ccc(OC(F)(F)F)cc1)n2C1C[C@H](C)CC(C)(C)C1. The fraction of sp³-hybridized carbons (Fsp3) is 0.481. The zero-order valence-corrected chi connectivity index (χ0v) is 21.5. The number of carbonyl (C=O) groups is 1. The monoisotopic (exact) mass is 519 g/mol. The Morgan fingerprint density at radius 3 is 2.43 bits per heavy atom. The lowest BCUT2D eigenvalue weighted by Gasteiger charge is -2.40. The van der Waals surface area contributed by atoms with Gasteiger partial charge < -0.3 is 24.5 Å². The minimum absolute atomic E-state index is 0.0170. The van der Waals surface area contributed by atoms with E-state index < -0.39 is 12.3 Å². The van der Waals surface area contributed by atoms with Crippen molar-refractivity contribution in [1.29, 1.82) is 0 Å². The molecule has 1 aliphatic rings. The number of hydrogen-bond acceptors (Lipinski definition) is 5. The number of rotatable bonds is 7. The quantitative estimate of drug-likeness (QED) is 0.335. The van der Waals surface area contributed by atoms with Crippen molar-refractivity contribution in [3.05, 3.63) is 42.0 Å². The van der Waals surface area contributed by atoms with E-state index in [-0.39, 0.29) is 34.6 Å². The van der Waals surface area contributed by atoms with Crippen molar-refractivity contribution in [2.75, 3.05) is 5.32 Å². The van der Waals surface area contributed by atoms with Gasteiger partial charge in [0.25, 0.3) is 0 Å². The molecule has 2 atom stereocenters. The summed E-state index contributed by atoms with van der Waals surface area (Å²) in [6.45, 7) is 10.3. The van der Waals surface area contributed by atoms with Gasteiger partial charge in [-0.2, -0.15) is 0 Å².